The summed E-state index contributed by atoms with van der Waals surface area (Å²) < 4.78 is 13.5. The largest absolute Gasteiger partial charge is 0.474 e. The SMILES string of the molecule is Cc1nonc1CC(=O)N1CCC(Oc2ncnc3c2c(C)c(C)n3C2CCCC2)CC1. The van der Waals surface area contributed by atoms with Gasteiger partial charge in [0, 0.05) is 37.7 Å². The van der Waals surface area contributed by atoms with Gasteiger partial charge in [-0.25, -0.2) is 14.6 Å². The fourth-order valence-electron chi connectivity index (χ4n) is 5.14. The number of fused-ring (bicyclic) bond motifs is 1. The smallest absolute Gasteiger partial charge is 0.228 e. The summed E-state index contributed by atoms with van der Waals surface area (Å²) in [6, 6.07) is 0.520. The molecule has 0 bridgehead atoms. The van der Waals surface area contributed by atoms with E-state index >= 15 is 0 Å². The molecular weight excluding hydrogens is 408 g/mol. The van der Waals surface area contributed by atoms with Crippen LogP contribution in [-0.2, 0) is 11.2 Å². The van der Waals surface area contributed by atoms with Gasteiger partial charge in [-0.1, -0.05) is 23.2 Å². The van der Waals surface area contributed by atoms with Crippen molar-refractivity contribution in [2.24, 2.45) is 0 Å². The standard InChI is InChI=1S/C23H30N6O3/c1-14-16(3)29(17-6-4-5-7-17)22-21(14)23(25-13-24-22)31-18-8-10-28(11-9-18)20(30)12-19-15(2)26-32-27-19/h13,17-18H,4-12H2,1-3H3. The minimum atomic E-state index is 0.0298. The van der Waals surface area contributed by atoms with Gasteiger partial charge >= 0.3 is 0 Å². The van der Waals surface area contributed by atoms with Crippen molar-refractivity contribution in [3.05, 3.63) is 29.0 Å². The van der Waals surface area contributed by atoms with Gasteiger partial charge < -0.3 is 14.2 Å². The highest BCUT2D eigenvalue weighted by Gasteiger charge is 2.28. The van der Waals surface area contributed by atoms with Crippen LogP contribution in [0.4, 0.5) is 0 Å². The number of hydrogen-bond donors (Lipinski definition) is 0. The van der Waals surface area contributed by atoms with Crippen molar-refractivity contribution < 1.29 is 14.2 Å². The number of piperidine rings is 1. The molecule has 2 fully saturated rings. The molecule has 1 amide bonds. The lowest BCUT2D eigenvalue weighted by Crippen LogP contribution is -2.42. The molecule has 3 aromatic heterocycles. The molecule has 1 saturated heterocycles. The molecule has 1 aliphatic heterocycles. The number of aryl methyl sites for hydroxylation is 2. The zero-order chi connectivity index (χ0) is 22.2. The highest BCUT2D eigenvalue weighted by molar-refractivity contribution is 5.86. The molecule has 1 saturated carbocycles. The molecular formula is C23H30N6O3. The Morgan fingerprint density at radius 3 is 2.53 bits per heavy atom. The average molecular weight is 439 g/mol. The second-order valence-electron chi connectivity index (χ2n) is 9.07. The van der Waals surface area contributed by atoms with Crippen molar-refractivity contribution in [1.82, 2.24) is 29.7 Å². The van der Waals surface area contributed by atoms with Crippen molar-refractivity contribution in [1.29, 1.82) is 0 Å². The van der Waals surface area contributed by atoms with E-state index in [1.807, 2.05) is 4.90 Å². The van der Waals surface area contributed by atoms with Crippen molar-refractivity contribution in [2.75, 3.05) is 13.1 Å². The third-order valence-electron chi connectivity index (χ3n) is 7.13. The van der Waals surface area contributed by atoms with E-state index in [1.165, 1.54) is 36.9 Å². The van der Waals surface area contributed by atoms with Crippen LogP contribution in [0.15, 0.2) is 11.0 Å². The summed E-state index contributed by atoms with van der Waals surface area (Å²) in [7, 11) is 0. The molecule has 170 valence electrons. The van der Waals surface area contributed by atoms with Crippen LogP contribution in [0.2, 0.25) is 0 Å². The maximum absolute atomic E-state index is 12.6. The average Bonchev–Trinajstić information content (AvgIpc) is 3.51. The minimum absolute atomic E-state index is 0.0298. The molecule has 4 heterocycles. The summed E-state index contributed by atoms with van der Waals surface area (Å²) in [5.41, 5.74) is 4.72. The van der Waals surface area contributed by atoms with Crippen LogP contribution in [0, 0.1) is 20.8 Å². The number of ether oxygens (including phenoxy) is 1. The molecule has 32 heavy (non-hydrogen) atoms. The summed E-state index contributed by atoms with van der Waals surface area (Å²) >= 11 is 0. The van der Waals surface area contributed by atoms with Crippen LogP contribution < -0.4 is 4.74 Å². The predicted molar refractivity (Wildman–Crippen MR) is 117 cm³/mol. The molecule has 0 atom stereocenters. The van der Waals surface area contributed by atoms with E-state index in [9.17, 15) is 4.79 Å². The molecule has 9 nitrogen and oxygen atoms in total. The Morgan fingerprint density at radius 2 is 1.84 bits per heavy atom. The summed E-state index contributed by atoms with van der Waals surface area (Å²) in [6.07, 6.45) is 8.39. The van der Waals surface area contributed by atoms with Gasteiger partial charge in [-0.15, -0.1) is 0 Å². The minimum Gasteiger partial charge on any atom is -0.474 e. The molecule has 9 heteroatoms. The van der Waals surface area contributed by atoms with Gasteiger partial charge in [0.15, 0.2) is 0 Å². The van der Waals surface area contributed by atoms with Crippen LogP contribution in [-0.4, -0.2) is 54.8 Å². The van der Waals surface area contributed by atoms with Crippen LogP contribution in [0.1, 0.15) is 67.2 Å². The van der Waals surface area contributed by atoms with Gasteiger partial charge in [0.1, 0.15) is 29.5 Å². The monoisotopic (exact) mass is 438 g/mol. The van der Waals surface area contributed by atoms with Crippen LogP contribution in [0.3, 0.4) is 0 Å². The number of carbonyl (C=O) groups excluding carboxylic acids is 1. The first-order chi connectivity index (χ1) is 15.5. The lowest BCUT2D eigenvalue weighted by atomic mass is 10.1. The Labute approximate surface area is 187 Å². The van der Waals surface area contributed by atoms with E-state index < -0.39 is 0 Å². The number of rotatable bonds is 5. The second-order valence-corrected chi connectivity index (χ2v) is 9.07. The normalized spacial score (nSPS) is 18.0. The summed E-state index contributed by atoms with van der Waals surface area (Å²) in [5.74, 6) is 0.716. The Morgan fingerprint density at radius 1 is 1.09 bits per heavy atom. The number of carbonyl (C=O) groups is 1. The number of likely N-dealkylation sites (tertiary alicyclic amines) is 1. The molecule has 2 aliphatic rings. The number of hydrogen-bond acceptors (Lipinski definition) is 7. The zero-order valence-corrected chi connectivity index (χ0v) is 19.0. The van der Waals surface area contributed by atoms with Gasteiger partial charge in [0.2, 0.25) is 11.8 Å². The van der Waals surface area contributed by atoms with E-state index in [0.29, 0.717) is 36.4 Å². The third kappa shape index (κ3) is 3.73. The predicted octanol–water partition coefficient (Wildman–Crippen LogP) is 3.47. The quantitative estimate of drug-likeness (QED) is 0.601. The Kier molecular flexibility index (Phi) is 5.57. The molecule has 0 spiro atoms. The van der Waals surface area contributed by atoms with E-state index in [1.54, 1.807) is 13.3 Å². The molecule has 0 unspecified atom stereocenters. The number of amides is 1. The van der Waals surface area contributed by atoms with Crippen molar-refractivity contribution in [3.63, 3.8) is 0 Å². The topological polar surface area (TPSA) is 99.2 Å². The maximum Gasteiger partial charge on any atom is 0.228 e. The Hall–Kier alpha value is -2.97. The van der Waals surface area contributed by atoms with Gasteiger partial charge in [-0.3, -0.25) is 4.79 Å². The first kappa shape index (κ1) is 20.9. The van der Waals surface area contributed by atoms with Crippen molar-refractivity contribution in [3.8, 4) is 5.88 Å². The summed E-state index contributed by atoms with van der Waals surface area (Å²) in [4.78, 5) is 23.6. The molecule has 5 rings (SSSR count). The lowest BCUT2D eigenvalue weighted by Gasteiger charge is -2.32. The van der Waals surface area contributed by atoms with E-state index in [-0.39, 0.29) is 18.4 Å². The van der Waals surface area contributed by atoms with E-state index in [4.69, 9.17) is 9.37 Å². The van der Waals surface area contributed by atoms with Gasteiger partial charge in [-0.05, 0) is 39.2 Å². The van der Waals surface area contributed by atoms with Crippen LogP contribution in [0.5, 0.6) is 5.88 Å². The number of aromatic nitrogens is 5. The highest BCUT2D eigenvalue weighted by atomic mass is 16.6. The van der Waals surface area contributed by atoms with E-state index in [2.05, 4.69) is 38.7 Å². The maximum atomic E-state index is 12.6. The number of nitrogens with zero attached hydrogens (tertiary/aromatic N) is 6. The summed E-state index contributed by atoms with van der Waals surface area (Å²) in [5, 5.41) is 8.60. The van der Waals surface area contributed by atoms with Gasteiger partial charge in [-0.2, -0.15) is 0 Å². The van der Waals surface area contributed by atoms with Crippen molar-refractivity contribution >= 4 is 16.9 Å². The lowest BCUT2D eigenvalue weighted by molar-refractivity contribution is -0.132. The highest BCUT2D eigenvalue weighted by Crippen LogP contribution is 2.38. The molecule has 3 aromatic rings. The fraction of sp³-hybridized carbons (Fsp3) is 0.609. The summed E-state index contributed by atoms with van der Waals surface area (Å²) in [6.45, 7) is 7.42. The Bertz CT molecular complexity index is 1120. The third-order valence-corrected chi connectivity index (χ3v) is 7.13. The molecule has 1 aliphatic carbocycles. The van der Waals surface area contributed by atoms with Gasteiger partial charge in [0.25, 0.3) is 0 Å². The fourth-order valence-corrected chi connectivity index (χ4v) is 5.14. The van der Waals surface area contributed by atoms with Crippen LogP contribution >= 0.6 is 0 Å². The zero-order valence-electron chi connectivity index (χ0n) is 19.0. The second kappa shape index (κ2) is 8.52. The van der Waals surface area contributed by atoms with Gasteiger partial charge in [0.05, 0.1) is 11.8 Å². The first-order valence-electron chi connectivity index (χ1n) is 11.6. The Balaban J connectivity index is 1.28. The van der Waals surface area contributed by atoms with E-state index in [0.717, 1.165) is 23.9 Å². The molecule has 0 N–H and O–H groups in total. The molecule has 0 radical (unpaired) electrons. The first-order valence-corrected chi connectivity index (χ1v) is 11.6. The molecule has 0 aromatic carbocycles. The van der Waals surface area contributed by atoms with Crippen molar-refractivity contribution in [2.45, 2.75) is 77.9 Å². The van der Waals surface area contributed by atoms with Crippen LogP contribution in [0.25, 0.3) is 11.0 Å².